The molecule has 0 unspecified atom stereocenters. The Morgan fingerprint density at radius 2 is 1.79 bits per heavy atom. The fraction of sp³-hybridized carbons (Fsp3) is 0.0909. The Labute approximate surface area is 162 Å². The summed E-state index contributed by atoms with van der Waals surface area (Å²) in [4.78, 5) is 12.4. The quantitative estimate of drug-likeness (QED) is 0.528. The molecule has 1 N–H and O–H groups in total. The van der Waals surface area contributed by atoms with Crippen molar-refractivity contribution >= 4 is 17.7 Å². The standard InChI is InChI=1S/C22H18FN3O2/c1-15-3-8-20(26(15)19-9-11-21(28-2)12-10-19)13-16(14-24)22(27)25-18-6-4-17(23)5-7-18/h3-13H,1-2H3,(H,25,27)/b16-13-. The van der Waals surface area contributed by atoms with Gasteiger partial charge in [-0.3, -0.25) is 4.79 Å². The lowest BCUT2D eigenvalue weighted by Crippen LogP contribution is -2.13. The van der Waals surface area contributed by atoms with E-state index in [0.717, 1.165) is 17.1 Å². The number of amides is 1. The van der Waals surface area contributed by atoms with E-state index in [-0.39, 0.29) is 5.57 Å². The molecule has 28 heavy (non-hydrogen) atoms. The monoisotopic (exact) mass is 375 g/mol. The first-order valence-corrected chi connectivity index (χ1v) is 8.53. The Kier molecular flexibility index (Phi) is 5.56. The largest absolute Gasteiger partial charge is 0.497 e. The van der Waals surface area contributed by atoms with Crippen LogP contribution in [-0.2, 0) is 4.79 Å². The van der Waals surface area contributed by atoms with Crippen LogP contribution in [0.1, 0.15) is 11.4 Å². The molecule has 0 fully saturated rings. The molecule has 1 amide bonds. The summed E-state index contributed by atoms with van der Waals surface area (Å²) in [5.74, 6) is -0.224. The van der Waals surface area contributed by atoms with Gasteiger partial charge in [-0.1, -0.05) is 0 Å². The Bertz CT molecular complexity index is 1060. The Balaban J connectivity index is 1.91. The van der Waals surface area contributed by atoms with Gasteiger partial charge in [-0.2, -0.15) is 5.26 Å². The molecular formula is C22H18FN3O2. The summed E-state index contributed by atoms with van der Waals surface area (Å²) in [7, 11) is 1.60. The highest BCUT2D eigenvalue weighted by Gasteiger charge is 2.13. The van der Waals surface area contributed by atoms with Crippen molar-refractivity contribution in [3.05, 3.63) is 83.4 Å². The minimum atomic E-state index is -0.561. The van der Waals surface area contributed by atoms with Gasteiger partial charge in [-0.05, 0) is 73.7 Å². The molecule has 0 aliphatic carbocycles. The number of aryl methyl sites for hydroxylation is 1. The van der Waals surface area contributed by atoms with Crippen LogP contribution in [0.5, 0.6) is 5.75 Å². The second-order valence-electron chi connectivity index (χ2n) is 6.06. The summed E-state index contributed by atoms with van der Waals surface area (Å²) in [5.41, 5.74) is 2.87. The second kappa shape index (κ2) is 8.23. The van der Waals surface area contributed by atoms with E-state index in [9.17, 15) is 14.4 Å². The van der Waals surface area contributed by atoms with Crippen LogP contribution in [0.15, 0.2) is 66.2 Å². The summed E-state index contributed by atoms with van der Waals surface area (Å²) in [6.07, 6.45) is 1.52. The predicted octanol–water partition coefficient (Wildman–Crippen LogP) is 4.48. The van der Waals surface area contributed by atoms with Crippen molar-refractivity contribution in [2.45, 2.75) is 6.92 Å². The number of nitriles is 1. The van der Waals surface area contributed by atoms with Gasteiger partial charge >= 0.3 is 0 Å². The number of ether oxygens (including phenoxy) is 1. The normalized spacial score (nSPS) is 11.0. The fourth-order valence-corrected chi connectivity index (χ4v) is 2.78. The molecule has 3 rings (SSSR count). The molecular weight excluding hydrogens is 357 g/mol. The molecule has 0 aliphatic heterocycles. The van der Waals surface area contributed by atoms with Gasteiger partial charge in [0.2, 0.25) is 0 Å². The zero-order chi connectivity index (χ0) is 20.1. The Morgan fingerprint density at radius 3 is 2.39 bits per heavy atom. The molecule has 6 heteroatoms. The minimum Gasteiger partial charge on any atom is -0.497 e. The van der Waals surface area contributed by atoms with Crippen LogP contribution >= 0.6 is 0 Å². The molecule has 1 heterocycles. The van der Waals surface area contributed by atoms with E-state index < -0.39 is 11.7 Å². The van der Waals surface area contributed by atoms with Gasteiger partial charge in [0.1, 0.15) is 23.2 Å². The molecule has 0 aliphatic rings. The molecule has 0 spiro atoms. The maximum absolute atomic E-state index is 13.0. The van der Waals surface area contributed by atoms with E-state index in [1.165, 1.54) is 30.3 Å². The number of benzene rings is 2. The van der Waals surface area contributed by atoms with Crippen LogP contribution in [0.25, 0.3) is 11.8 Å². The number of rotatable bonds is 5. The van der Waals surface area contributed by atoms with Gasteiger partial charge < -0.3 is 14.6 Å². The van der Waals surface area contributed by atoms with Gasteiger partial charge in [0.15, 0.2) is 0 Å². The lowest BCUT2D eigenvalue weighted by Gasteiger charge is -2.11. The van der Waals surface area contributed by atoms with Gasteiger partial charge in [0.05, 0.1) is 7.11 Å². The zero-order valence-electron chi connectivity index (χ0n) is 15.4. The molecule has 0 saturated carbocycles. The van der Waals surface area contributed by atoms with Crippen LogP contribution in [-0.4, -0.2) is 17.6 Å². The number of anilines is 1. The van der Waals surface area contributed by atoms with E-state index in [1.54, 1.807) is 7.11 Å². The lowest BCUT2D eigenvalue weighted by molar-refractivity contribution is -0.112. The van der Waals surface area contributed by atoms with Crippen molar-refractivity contribution < 1.29 is 13.9 Å². The molecule has 0 atom stereocenters. The van der Waals surface area contributed by atoms with Crippen molar-refractivity contribution in [1.82, 2.24) is 4.57 Å². The van der Waals surface area contributed by atoms with Crippen LogP contribution < -0.4 is 10.1 Å². The molecule has 0 bridgehead atoms. The van der Waals surface area contributed by atoms with Crippen molar-refractivity contribution in [1.29, 1.82) is 5.26 Å². The Hall–Kier alpha value is -3.85. The molecule has 5 nitrogen and oxygen atoms in total. The summed E-state index contributed by atoms with van der Waals surface area (Å²) in [6.45, 7) is 1.94. The van der Waals surface area contributed by atoms with Crippen LogP contribution in [0.2, 0.25) is 0 Å². The number of hydrogen-bond donors (Lipinski definition) is 1. The molecule has 2 aromatic carbocycles. The third-order valence-corrected chi connectivity index (χ3v) is 4.20. The van der Waals surface area contributed by atoms with Crippen LogP contribution in [0.3, 0.4) is 0 Å². The molecule has 140 valence electrons. The first-order chi connectivity index (χ1) is 13.5. The number of carbonyl (C=O) groups is 1. The molecule has 0 radical (unpaired) electrons. The Morgan fingerprint density at radius 1 is 1.11 bits per heavy atom. The van der Waals surface area contributed by atoms with Gasteiger partial charge in [-0.15, -0.1) is 0 Å². The van der Waals surface area contributed by atoms with Crippen LogP contribution in [0, 0.1) is 24.1 Å². The average Bonchev–Trinajstić information content (AvgIpc) is 3.08. The van der Waals surface area contributed by atoms with Crippen molar-refractivity contribution in [2.24, 2.45) is 0 Å². The lowest BCUT2D eigenvalue weighted by atomic mass is 10.2. The number of halogens is 1. The maximum Gasteiger partial charge on any atom is 0.266 e. The average molecular weight is 375 g/mol. The number of carbonyl (C=O) groups excluding carboxylic acids is 1. The van der Waals surface area contributed by atoms with Gasteiger partial charge in [0.25, 0.3) is 5.91 Å². The highest BCUT2D eigenvalue weighted by atomic mass is 19.1. The number of aromatic nitrogens is 1. The summed E-state index contributed by atoms with van der Waals surface area (Å²) in [5, 5.41) is 12.1. The third kappa shape index (κ3) is 4.10. The first kappa shape index (κ1) is 18.9. The topological polar surface area (TPSA) is 67.0 Å². The first-order valence-electron chi connectivity index (χ1n) is 8.53. The van der Waals surface area contributed by atoms with Crippen molar-refractivity contribution in [3.8, 4) is 17.5 Å². The summed E-state index contributed by atoms with van der Waals surface area (Å²) >= 11 is 0. The maximum atomic E-state index is 13.0. The molecule has 0 saturated heterocycles. The van der Waals surface area contributed by atoms with E-state index in [0.29, 0.717) is 11.4 Å². The van der Waals surface area contributed by atoms with E-state index in [4.69, 9.17) is 4.74 Å². The van der Waals surface area contributed by atoms with Crippen molar-refractivity contribution in [2.75, 3.05) is 12.4 Å². The number of hydrogen-bond acceptors (Lipinski definition) is 3. The smallest absolute Gasteiger partial charge is 0.266 e. The number of methoxy groups -OCH3 is 1. The van der Waals surface area contributed by atoms with E-state index >= 15 is 0 Å². The highest BCUT2D eigenvalue weighted by Crippen LogP contribution is 2.22. The predicted molar refractivity (Wildman–Crippen MR) is 106 cm³/mol. The third-order valence-electron chi connectivity index (χ3n) is 4.20. The van der Waals surface area contributed by atoms with Gasteiger partial charge in [0, 0.05) is 22.8 Å². The fourth-order valence-electron chi connectivity index (χ4n) is 2.78. The summed E-state index contributed by atoms with van der Waals surface area (Å²) in [6, 6.07) is 18.5. The van der Waals surface area contributed by atoms with Crippen molar-refractivity contribution in [3.63, 3.8) is 0 Å². The van der Waals surface area contributed by atoms with Gasteiger partial charge in [-0.25, -0.2) is 4.39 Å². The van der Waals surface area contributed by atoms with E-state index in [2.05, 4.69) is 5.32 Å². The second-order valence-corrected chi connectivity index (χ2v) is 6.06. The van der Waals surface area contributed by atoms with Crippen LogP contribution in [0.4, 0.5) is 10.1 Å². The minimum absolute atomic E-state index is 0.0582. The number of nitrogens with zero attached hydrogens (tertiary/aromatic N) is 2. The van der Waals surface area contributed by atoms with E-state index in [1.807, 2.05) is 54.0 Å². The molecule has 3 aromatic rings. The number of nitrogens with one attached hydrogen (secondary N) is 1. The molecule has 1 aromatic heterocycles. The SMILES string of the molecule is COc1ccc(-n2c(C)ccc2/C=C(/C#N)C(=O)Nc2ccc(F)cc2)cc1. The zero-order valence-corrected chi connectivity index (χ0v) is 15.4. The summed E-state index contributed by atoms with van der Waals surface area (Å²) < 4.78 is 20.1. The highest BCUT2D eigenvalue weighted by molar-refractivity contribution is 6.09.